The molecule has 16 heavy (non-hydrogen) atoms. The lowest BCUT2D eigenvalue weighted by Crippen LogP contribution is -2.03. The van der Waals surface area contributed by atoms with Crippen LogP contribution in [0.4, 0.5) is 10.1 Å². The molecule has 2 rings (SSSR count). The van der Waals surface area contributed by atoms with E-state index in [1.165, 1.54) is 6.07 Å². The van der Waals surface area contributed by atoms with E-state index in [1.807, 2.05) is 13.0 Å². The van der Waals surface area contributed by atoms with Gasteiger partial charge in [0, 0.05) is 23.1 Å². The lowest BCUT2D eigenvalue weighted by atomic mass is 10.2. The second kappa shape index (κ2) is 4.35. The first-order valence-electron chi connectivity index (χ1n) is 5.16. The summed E-state index contributed by atoms with van der Waals surface area (Å²) in [5.74, 6) is 0.654. The van der Waals surface area contributed by atoms with Crippen molar-refractivity contribution in [3.05, 3.63) is 47.3 Å². The van der Waals surface area contributed by atoms with Gasteiger partial charge in [0.05, 0.1) is 6.54 Å². The fourth-order valence-electron chi connectivity index (χ4n) is 1.53. The number of H-pyrrole nitrogens is 1. The highest BCUT2D eigenvalue weighted by atomic mass is 19.1. The maximum absolute atomic E-state index is 13.2. The molecule has 4 heteroatoms. The Labute approximate surface area is 93.7 Å². The van der Waals surface area contributed by atoms with Gasteiger partial charge in [-0.15, -0.1) is 0 Å². The average Bonchev–Trinajstić information content (AvgIpc) is 2.67. The van der Waals surface area contributed by atoms with Gasteiger partial charge in [-0.05, 0) is 26.0 Å². The average molecular weight is 219 g/mol. The first-order chi connectivity index (χ1) is 7.66. The molecule has 2 aromatic rings. The van der Waals surface area contributed by atoms with E-state index >= 15 is 0 Å². The molecule has 1 heterocycles. The van der Waals surface area contributed by atoms with Crippen molar-refractivity contribution in [2.45, 2.75) is 20.4 Å². The van der Waals surface area contributed by atoms with E-state index < -0.39 is 0 Å². The van der Waals surface area contributed by atoms with Crippen LogP contribution in [0.25, 0.3) is 0 Å². The van der Waals surface area contributed by atoms with Gasteiger partial charge in [0.15, 0.2) is 0 Å². The van der Waals surface area contributed by atoms with E-state index in [4.69, 9.17) is 0 Å². The zero-order chi connectivity index (χ0) is 11.5. The van der Waals surface area contributed by atoms with Crippen LogP contribution in [0.1, 0.15) is 17.1 Å². The van der Waals surface area contributed by atoms with Gasteiger partial charge in [-0.3, -0.25) is 0 Å². The van der Waals surface area contributed by atoms with Crippen molar-refractivity contribution in [2.24, 2.45) is 0 Å². The third-order valence-electron chi connectivity index (χ3n) is 2.47. The van der Waals surface area contributed by atoms with Crippen molar-refractivity contribution in [3.63, 3.8) is 0 Å². The highest BCUT2D eigenvalue weighted by molar-refractivity contribution is 5.50. The van der Waals surface area contributed by atoms with Crippen LogP contribution in [-0.2, 0) is 6.54 Å². The second-order valence-corrected chi connectivity index (χ2v) is 3.78. The van der Waals surface area contributed by atoms with Crippen LogP contribution in [0.15, 0.2) is 24.4 Å². The molecular formula is C12H14FN3. The van der Waals surface area contributed by atoms with Gasteiger partial charge in [0.1, 0.15) is 11.6 Å². The van der Waals surface area contributed by atoms with E-state index in [-0.39, 0.29) is 5.82 Å². The molecule has 0 radical (unpaired) electrons. The molecule has 0 saturated heterocycles. The first-order valence-corrected chi connectivity index (χ1v) is 5.16. The zero-order valence-corrected chi connectivity index (χ0v) is 9.34. The molecule has 0 saturated carbocycles. The molecule has 1 aromatic carbocycles. The third kappa shape index (κ3) is 2.21. The van der Waals surface area contributed by atoms with Crippen LogP contribution in [0, 0.1) is 19.7 Å². The summed E-state index contributed by atoms with van der Waals surface area (Å²) < 4.78 is 13.2. The number of hydrogen-bond acceptors (Lipinski definition) is 2. The van der Waals surface area contributed by atoms with Gasteiger partial charge < -0.3 is 10.3 Å². The molecule has 0 atom stereocenters. The van der Waals surface area contributed by atoms with Crippen molar-refractivity contribution >= 4 is 5.69 Å². The van der Waals surface area contributed by atoms with Crippen LogP contribution in [0.5, 0.6) is 0 Å². The number of aryl methyl sites for hydroxylation is 1. The highest BCUT2D eigenvalue weighted by Crippen LogP contribution is 2.17. The number of halogens is 1. The number of imidazole rings is 1. The topological polar surface area (TPSA) is 40.7 Å². The van der Waals surface area contributed by atoms with E-state index in [9.17, 15) is 4.39 Å². The van der Waals surface area contributed by atoms with E-state index in [1.54, 1.807) is 19.2 Å². The van der Waals surface area contributed by atoms with Gasteiger partial charge >= 0.3 is 0 Å². The monoisotopic (exact) mass is 219 g/mol. The van der Waals surface area contributed by atoms with Crippen LogP contribution in [0.3, 0.4) is 0 Å². The minimum atomic E-state index is -0.194. The van der Waals surface area contributed by atoms with Crippen molar-refractivity contribution in [1.82, 2.24) is 9.97 Å². The molecule has 3 nitrogen and oxygen atoms in total. The Balaban J connectivity index is 2.07. The largest absolute Gasteiger partial charge is 0.378 e. The summed E-state index contributed by atoms with van der Waals surface area (Å²) in [7, 11) is 0. The molecule has 0 aliphatic heterocycles. The fraction of sp³-hybridized carbons (Fsp3) is 0.250. The van der Waals surface area contributed by atoms with Gasteiger partial charge in [0.25, 0.3) is 0 Å². The van der Waals surface area contributed by atoms with Crippen LogP contribution in [-0.4, -0.2) is 9.97 Å². The molecule has 0 fully saturated rings. The Morgan fingerprint density at radius 2 is 2.19 bits per heavy atom. The van der Waals surface area contributed by atoms with E-state index in [0.29, 0.717) is 12.1 Å². The lowest BCUT2D eigenvalue weighted by molar-refractivity contribution is 0.619. The predicted molar refractivity (Wildman–Crippen MR) is 61.8 cm³/mol. The molecule has 0 unspecified atom stereocenters. The Kier molecular flexibility index (Phi) is 2.90. The number of rotatable bonds is 3. The predicted octanol–water partition coefficient (Wildman–Crippen LogP) is 2.78. The van der Waals surface area contributed by atoms with Crippen LogP contribution >= 0.6 is 0 Å². The second-order valence-electron chi connectivity index (χ2n) is 3.78. The van der Waals surface area contributed by atoms with Gasteiger partial charge in [-0.25, -0.2) is 9.37 Å². The van der Waals surface area contributed by atoms with Gasteiger partial charge in [-0.2, -0.15) is 0 Å². The Morgan fingerprint density at radius 1 is 1.38 bits per heavy atom. The van der Waals surface area contributed by atoms with Crippen molar-refractivity contribution in [3.8, 4) is 0 Å². The number of nitrogens with one attached hydrogen (secondary N) is 2. The third-order valence-corrected chi connectivity index (χ3v) is 2.47. The number of nitrogens with zero attached hydrogens (tertiary/aromatic N) is 1. The summed E-state index contributed by atoms with van der Waals surface area (Å²) >= 11 is 0. The zero-order valence-electron chi connectivity index (χ0n) is 9.34. The first kappa shape index (κ1) is 10.7. The minimum Gasteiger partial charge on any atom is -0.378 e. The molecule has 0 aliphatic rings. The number of aromatic amines is 1. The Bertz CT molecular complexity index is 491. The molecule has 2 N–H and O–H groups in total. The van der Waals surface area contributed by atoms with E-state index in [2.05, 4.69) is 15.3 Å². The highest BCUT2D eigenvalue weighted by Gasteiger charge is 2.03. The molecule has 84 valence electrons. The summed E-state index contributed by atoms with van der Waals surface area (Å²) in [5.41, 5.74) is 2.45. The quantitative estimate of drug-likeness (QED) is 0.833. The summed E-state index contributed by atoms with van der Waals surface area (Å²) in [5, 5.41) is 3.15. The Morgan fingerprint density at radius 3 is 2.88 bits per heavy atom. The minimum absolute atomic E-state index is 0.194. The normalized spacial score (nSPS) is 10.4. The van der Waals surface area contributed by atoms with Crippen molar-refractivity contribution in [2.75, 3.05) is 5.32 Å². The standard InChI is InChI=1S/C12H14FN3/c1-8-6-15-12(16-8)7-14-11-5-3-4-10(13)9(11)2/h3-6,14H,7H2,1-2H3,(H,15,16). The summed E-state index contributed by atoms with van der Waals surface area (Å²) in [4.78, 5) is 7.28. The SMILES string of the molecule is Cc1cnc(CNc2cccc(F)c2C)[nH]1. The summed E-state index contributed by atoms with van der Waals surface area (Å²) in [6.07, 6.45) is 1.77. The van der Waals surface area contributed by atoms with E-state index in [0.717, 1.165) is 17.2 Å². The van der Waals surface area contributed by atoms with Gasteiger partial charge in [0.2, 0.25) is 0 Å². The number of aromatic nitrogens is 2. The van der Waals surface area contributed by atoms with Crippen molar-refractivity contribution in [1.29, 1.82) is 0 Å². The smallest absolute Gasteiger partial charge is 0.128 e. The molecule has 0 aliphatic carbocycles. The maximum Gasteiger partial charge on any atom is 0.128 e. The molecule has 0 spiro atoms. The van der Waals surface area contributed by atoms with Crippen LogP contribution < -0.4 is 5.32 Å². The van der Waals surface area contributed by atoms with Crippen LogP contribution in [0.2, 0.25) is 0 Å². The number of hydrogen-bond donors (Lipinski definition) is 2. The lowest BCUT2D eigenvalue weighted by Gasteiger charge is -2.08. The van der Waals surface area contributed by atoms with Gasteiger partial charge in [-0.1, -0.05) is 6.07 Å². The van der Waals surface area contributed by atoms with Crippen molar-refractivity contribution < 1.29 is 4.39 Å². The molecule has 1 aromatic heterocycles. The fourth-order valence-corrected chi connectivity index (χ4v) is 1.53. The molecular weight excluding hydrogens is 205 g/mol. The molecule has 0 bridgehead atoms. The maximum atomic E-state index is 13.2. The summed E-state index contributed by atoms with van der Waals surface area (Å²) in [6.45, 7) is 4.27. The molecule has 0 amide bonds. The Hall–Kier alpha value is -1.84. The number of anilines is 1. The number of benzene rings is 1. The summed E-state index contributed by atoms with van der Waals surface area (Å²) in [6, 6.07) is 5.00.